The summed E-state index contributed by atoms with van der Waals surface area (Å²) in [5.41, 5.74) is 2.56. The van der Waals surface area contributed by atoms with Gasteiger partial charge in [-0.15, -0.1) is 0 Å². The van der Waals surface area contributed by atoms with Gasteiger partial charge in [-0.3, -0.25) is 4.79 Å². The summed E-state index contributed by atoms with van der Waals surface area (Å²) in [6, 6.07) is 14.2. The van der Waals surface area contributed by atoms with E-state index in [1.807, 2.05) is 31.2 Å². The van der Waals surface area contributed by atoms with Crippen LogP contribution in [0.25, 0.3) is 0 Å². The predicted octanol–water partition coefficient (Wildman–Crippen LogP) is 4.12. The molecule has 1 aromatic carbocycles. The smallest absolute Gasteiger partial charge is 0.140 e. The zero-order chi connectivity index (χ0) is 16.8. The Kier molecular flexibility index (Phi) is 5.78. The maximum absolute atomic E-state index is 11.2. The number of rotatable bonds is 6. The van der Waals surface area contributed by atoms with E-state index >= 15 is 0 Å². The van der Waals surface area contributed by atoms with Crippen molar-refractivity contribution in [2.75, 3.05) is 11.1 Å². The Morgan fingerprint density at radius 2 is 2.09 bits per heavy atom. The minimum Gasteiger partial charge on any atom is -0.364 e. The van der Waals surface area contributed by atoms with Crippen molar-refractivity contribution in [2.24, 2.45) is 0 Å². The van der Waals surface area contributed by atoms with E-state index in [1.165, 1.54) is 18.7 Å². The third-order valence-corrected chi connectivity index (χ3v) is 4.49. The SMILES string of the molecule is CC(=O)CSc1nc(N[C@@H](C)c2ccccc2)cc(C)c1C#N. The Bertz CT molecular complexity index is 738. The quantitative estimate of drug-likeness (QED) is 0.809. The van der Waals surface area contributed by atoms with Crippen molar-refractivity contribution in [3.63, 3.8) is 0 Å². The van der Waals surface area contributed by atoms with Crippen LogP contribution in [0.5, 0.6) is 0 Å². The van der Waals surface area contributed by atoms with E-state index < -0.39 is 0 Å². The van der Waals surface area contributed by atoms with Crippen molar-refractivity contribution in [1.29, 1.82) is 5.26 Å². The van der Waals surface area contributed by atoms with Gasteiger partial charge in [0, 0.05) is 6.04 Å². The van der Waals surface area contributed by atoms with Gasteiger partial charge in [0.05, 0.1) is 11.3 Å². The Labute approximate surface area is 140 Å². The highest BCUT2D eigenvalue weighted by Gasteiger charge is 2.13. The molecule has 1 N–H and O–H groups in total. The first-order chi connectivity index (χ1) is 11.0. The van der Waals surface area contributed by atoms with Gasteiger partial charge in [0.2, 0.25) is 0 Å². The highest BCUT2D eigenvalue weighted by Crippen LogP contribution is 2.27. The predicted molar refractivity (Wildman–Crippen MR) is 93.6 cm³/mol. The Morgan fingerprint density at radius 3 is 2.70 bits per heavy atom. The minimum atomic E-state index is 0.0642. The second kappa shape index (κ2) is 7.80. The molecule has 0 bridgehead atoms. The lowest BCUT2D eigenvalue weighted by Gasteiger charge is -2.16. The van der Waals surface area contributed by atoms with E-state index in [9.17, 15) is 10.1 Å². The highest BCUT2D eigenvalue weighted by molar-refractivity contribution is 8.00. The summed E-state index contributed by atoms with van der Waals surface area (Å²) in [6.45, 7) is 5.48. The first-order valence-corrected chi connectivity index (χ1v) is 8.35. The van der Waals surface area contributed by atoms with Crippen LogP contribution < -0.4 is 5.32 Å². The molecule has 4 nitrogen and oxygen atoms in total. The number of Topliss-reactive ketones (excluding diaryl/α,β-unsaturated/α-hetero) is 1. The van der Waals surface area contributed by atoms with Crippen molar-refractivity contribution in [3.05, 3.63) is 53.1 Å². The third kappa shape index (κ3) is 4.57. The van der Waals surface area contributed by atoms with Gasteiger partial charge in [0.15, 0.2) is 0 Å². The molecule has 0 saturated heterocycles. The fraction of sp³-hybridized carbons (Fsp3) is 0.278. The molecule has 1 atom stereocenters. The minimum absolute atomic E-state index is 0.0642. The van der Waals surface area contributed by atoms with Gasteiger partial charge in [-0.25, -0.2) is 4.98 Å². The van der Waals surface area contributed by atoms with Crippen LogP contribution in [0.4, 0.5) is 5.82 Å². The van der Waals surface area contributed by atoms with E-state index in [-0.39, 0.29) is 11.8 Å². The number of anilines is 1. The zero-order valence-electron chi connectivity index (χ0n) is 13.5. The second-order valence-electron chi connectivity index (χ2n) is 5.38. The number of aromatic nitrogens is 1. The number of nitriles is 1. The average molecular weight is 325 g/mol. The molecule has 0 aliphatic rings. The topological polar surface area (TPSA) is 65.8 Å². The number of carbonyl (C=O) groups is 1. The lowest BCUT2D eigenvalue weighted by atomic mass is 10.1. The van der Waals surface area contributed by atoms with Crippen molar-refractivity contribution < 1.29 is 4.79 Å². The lowest BCUT2D eigenvalue weighted by molar-refractivity contribution is -0.114. The fourth-order valence-electron chi connectivity index (χ4n) is 2.17. The molecule has 2 rings (SSSR count). The van der Waals surface area contributed by atoms with Gasteiger partial charge in [0.25, 0.3) is 0 Å². The summed E-state index contributed by atoms with van der Waals surface area (Å²) in [5.74, 6) is 1.09. The molecule has 0 aliphatic heterocycles. The summed E-state index contributed by atoms with van der Waals surface area (Å²) < 4.78 is 0. The van der Waals surface area contributed by atoms with Gasteiger partial charge < -0.3 is 5.32 Å². The first kappa shape index (κ1) is 17.0. The van der Waals surface area contributed by atoms with Crippen LogP contribution in [0, 0.1) is 18.3 Å². The Balaban J connectivity index is 2.25. The first-order valence-electron chi connectivity index (χ1n) is 7.36. The van der Waals surface area contributed by atoms with E-state index in [2.05, 4.69) is 35.4 Å². The van der Waals surface area contributed by atoms with Gasteiger partial charge in [-0.2, -0.15) is 5.26 Å². The van der Waals surface area contributed by atoms with Crippen LogP contribution in [0.15, 0.2) is 41.4 Å². The normalized spacial score (nSPS) is 11.6. The summed E-state index contributed by atoms with van der Waals surface area (Å²) in [7, 11) is 0. The van der Waals surface area contributed by atoms with Gasteiger partial charge in [-0.05, 0) is 38.0 Å². The average Bonchev–Trinajstić information content (AvgIpc) is 2.53. The summed E-state index contributed by atoms with van der Waals surface area (Å²) in [4.78, 5) is 15.7. The van der Waals surface area contributed by atoms with Gasteiger partial charge in [0.1, 0.15) is 22.7 Å². The van der Waals surface area contributed by atoms with E-state index in [1.54, 1.807) is 0 Å². The van der Waals surface area contributed by atoms with Crippen molar-refractivity contribution in [1.82, 2.24) is 4.98 Å². The van der Waals surface area contributed by atoms with Crippen LogP contribution >= 0.6 is 11.8 Å². The highest BCUT2D eigenvalue weighted by atomic mass is 32.2. The zero-order valence-corrected chi connectivity index (χ0v) is 14.3. The number of pyridine rings is 1. The summed E-state index contributed by atoms with van der Waals surface area (Å²) >= 11 is 1.31. The number of nitrogens with zero attached hydrogens (tertiary/aromatic N) is 2. The molecule has 1 heterocycles. The molecule has 0 saturated carbocycles. The number of aryl methyl sites for hydroxylation is 1. The third-order valence-electron chi connectivity index (χ3n) is 3.37. The molecule has 0 fully saturated rings. The number of nitrogens with one attached hydrogen (secondary N) is 1. The largest absolute Gasteiger partial charge is 0.364 e. The van der Waals surface area contributed by atoms with E-state index in [4.69, 9.17) is 0 Å². The molecule has 2 aromatic rings. The molecular weight excluding hydrogens is 306 g/mol. The molecule has 0 amide bonds. The van der Waals surface area contributed by atoms with Crippen LogP contribution in [-0.2, 0) is 4.79 Å². The second-order valence-corrected chi connectivity index (χ2v) is 6.35. The molecule has 0 aliphatic carbocycles. The molecular formula is C18H19N3OS. The number of carbonyl (C=O) groups excluding carboxylic acids is 1. The molecule has 0 radical (unpaired) electrons. The van der Waals surface area contributed by atoms with Gasteiger partial charge >= 0.3 is 0 Å². The summed E-state index contributed by atoms with van der Waals surface area (Å²) in [5, 5.41) is 13.3. The van der Waals surface area contributed by atoms with Crippen LogP contribution in [0.1, 0.15) is 36.6 Å². The molecule has 0 spiro atoms. The van der Waals surface area contributed by atoms with Crippen LogP contribution in [-0.4, -0.2) is 16.5 Å². The van der Waals surface area contributed by atoms with E-state index in [0.717, 1.165) is 11.1 Å². The number of ketones is 1. The molecule has 1 aromatic heterocycles. The Morgan fingerprint density at radius 1 is 1.39 bits per heavy atom. The summed E-state index contributed by atoms with van der Waals surface area (Å²) in [6.07, 6.45) is 0. The number of hydrogen-bond acceptors (Lipinski definition) is 5. The van der Waals surface area contributed by atoms with E-state index in [0.29, 0.717) is 22.2 Å². The molecule has 118 valence electrons. The van der Waals surface area contributed by atoms with Crippen LogP contribution in [0.2, 0.25) is 0 Å². The number of benzene rings is 1. The number of hydrogen-bond donors (Lipinski definition) is 1. The standard InChI is InChI=1S/C18H19N3OS/c1-12-9-17(20-14(3)15-7-5-4-6-8-15)21-18(16(12)10-19)23-11-13(2)22/h4-9,14H,11H2,1-3H3,(H,20,21)/t14-/m0/s1. The van der Waals surface area contributed by atoms with Crippen molar-refractivity contribution >= 4 is 23.4 Å². The maximum atomic E-state index is 11.2. The number of thioether (sulfide) groups is 1. The molecule has 23 heavy (non-hydrogen) atoms. The van der Waals surface area contributed by atoms with Crippen molar-refractivity contribution in [3.8, 4) is 6.07 Å². The maximum Gasteiger partial charge on any atom is 0.140 e. The molecule has 0 unspecified atom stereocenters. The lowest BCUT2D eigenvalue weighted by Crippen LogP contribution is -2.09. The van der Waals surface area contributed by atoms with Crippen LogP contribution in [0.3, 0.4) is 0 Å². The Hall–Kier alpha value is -2.32. The monoisotopic (exact) mass is 325 g/mol. The molecule has 5 heteroatoms. The fourth-order valence-corrected chi connectivity index (χ4v) is 3.03. The van der Waals surface area contributed by atoms with Gasteiger partial charge in [-0.1, -0.05) is 42.1 Å². The van der Waals surface area contributed by atoms with Crippen molar-refractivity contribution in [2.45, 2.75) is 31.8 Å².